The van der Waals surface area contributed by atoms with E-state index in [2.05, 4.69) is 17.2 Å². The van der Waals surface area contributed by atoms with Crippen molar-refractivity contribution in [1.82, 2.24) is 4.98 Å². The van der Waals surface area contributed by atoms with Crippen molar-refractivity contribution >= 4 is 22.2 Å². The molecule has 15 heavy (non-hydrogen) atoms. The zero-order valence-electron chi connectivity index (χ0n) is 8.47. The second-order valence-corrected chi connectivity index (χ2v) is 4.23. The van der Waals surface area contributed by atoms with Crippen LogP contribution >= 0.6 is 11.3 Å². The average Bonchev–Trinajstić information content (AvgIpc) is 2.71. The van der Waals surface area contributed by atoms with Crippen LogP contribution in [0.4, 0.5) is 10.8 Å². The van der Waals surface area contributed by atoms with Crippen molar-refractivity contribution < 1.29 is 0 Å². The Morgan fingerprint density at radius 3 is 2.87 bits per heavy atom. The number of rotatable bonds is 3. The number of hydrogen-bond donors (Lipinski definition) is 2. The number of nitrogens with zero attached hydrogens (tertiary/aromatic N) is 1. The Balaban J connectivity index is 2.15. The van der Waals surface area contributed by atoms with E-state index in [4.69, 9.17) is 5.73 Å². The summed E-state index contributed by atoms with van der Waals surface area (Å²) in [5.41, 5.74) is 7.81. The van der Waals surface area contributed by atoms with Gasteiger partial charge in [-0.3, -0.25) is 0 Å². The highest BCUT2D eigenvalue weighted by atomic mass is 32.1. The molecule has 0 saturated carbocycles. The third-order valence-electron chi connectivity index (χ3n) is 2.23. The fourth-order valence-corrected chi connectivity index (χ4v) is 2.08. The summed E-state index contributed by atoms with van der Waals surface area (Å²) in [6.45, 7) is 2.08. The molecular weight excluding hydrogens is 206 g/mol. The SMILES string of the molecule is CC(Nc1nccs1)c1ccccc1N. The molecule has 4 heteroatoms. The van der Waals surface area contributed by atoms with Crippen LogP contribution in [0.5, 0.6) is 0 Å². The van der Waals surface area contributed by atoms with Crippen molar-refractivity contribution in [3.8, 4) is 0 Å². The van der Waals surface area contributed by atoms with Crippen LogP contribution in [0.15, 0.2) is 35.8 Å². The monoisotopic (exact) mass is 219 g/mol. The summed E-state index contributed by atoms with van der Waals surface area (Å²) in [6, 6.07) is 8.05. The molecule has 1 aromatic carbocycles. The van der Waals surface area contributed by atoms with Crippen molar-refractivity contribution in [2.75, 3.05) is 11.1 Å². The van der Waals surface area contributed by atoms with E-state index in [1.54, 1.807) is 17.5 Å². The summed E-state index contributed by atoms with van der Waals surface area (Å²) in [6.07, 6.45) is 1.79. The molecule has 0 fully saturated rings. The van der Waals surface area contributed by atoms with Gasteiger partial charge in [0.25, 0.3) is 0 Å². The maximum absolute atomic E-state index is 5.89. The van der Waals surface area contributed by atoms with Crippen LogP contribution in [0.3, 0.4) is 0 Å². The van der Waals surface area contributed by atoms with E-state index in [1.807, 2.05) is 29.6 Å². The van der Waals surface area contributed by atoms with Gasteiger partial charge in [-0.25, -0.2) is 4.98 Å². The number of anilines is 2. The second kappa shape index (κ2) is 4.31. The maximum Gasteiger partial charge on any atom is 0.183 e. The highest BCUT2D eigenvalue weighted by molar-refractivity contribution is 7.13. The smallest absolute Gasteiger partial charge is 0.183 e. The van der Waals surface area contributed by atoms with Gasteiger partial charge in [0.15, 0.2) is 5.13 Å². The Labute approximate surface area is 93.0 Å². The Kier molecular flexibility index (Phi) is 2.87. The zero-order chi connectivity index (χ0) is 10.7. The van der Waals surface area contributed by atoms with Gasteiger partial charge in [0.2, 0.25) is 0 Å². The van der Waals surface area contributed by atoms with Gasteiger partial charge in [-0.2, -0.15) is 0 Å². The number of nitrogen functional groups attached to an aromatic ring is 1. The molecule has 3 N–H and O–H groups in total. The van der Waals surface area contributed by atoms with Crippen LogP contribution < -0.4 is 11.1 Å². The van der Waals surface area contributed by atoms with Gasteiger partial charge in [-0.1, -0.05) is 18.2 Å². The third kappa shape index (κ3) is 2.27. The molecule has 1 atom stereocenters. The van der Waals surface area contributed by atoms with Crippen LogP contribution in [0.1, 0.15) is 18.5 Å². The molecule has 78 valence electrons. The van der Waals surface area contributed by atoms with E-state index in [0.29, 0.717) is 0 Å². The average molecular weight is 219 g/mol. The first-order valence-electron chi connectivity index (χ1n) is 4.78. The number of nitrogens with two attached hydrogens (primary N) is 1. The quantitative estimate of drug-likeness (QED) is 0.780. The highest BCUT2D eigenvalue weighted by Crippen LogP contribution is 2.24. The van der Waals surface area contributed by atoms with E-state index in [9.17, 15) is 0 Å². The fraction of sp³-hybridized carbons (Fsp3) is 0.182. The van der Waals surface area contributed by atoms with Crippen molar-refractivity contribution in [3.63, 3.8) is 0 Å². The predicted molar refractivity (Wildman–Crippen MR) is 65.0 cm³/mol. The van der Waals surface area contributed by atoms with Gasteiger partial charge in [0.1, 0.15) is 0 Å². The minimum absolute atomic E-state index is 0.178. The van der Waals surface area contributed by atoms with Crippen LogP contribution in [0.25, 0.3) is 0 Å². The minimum atomic E-state index is 0.178. The molecule has 3 nitrogen and oxygen atoms in total. The van der Waals surface area contributed by atoms with Crippen LogP contribution in [-0.2, 0) is 0 Å². The zero-order valence-corrected chi connectivity index (χ0v) is 9.29. The van der Waals surface area contributed by atoms with Crippen molar-refractivity contribution in [1.29, 1.82) is 0 Å². The van der Waals surface area contributed by atoms with Crippen LogP contribution in [0.2, 0.25) is 0 Å². The standard InChI is InChI=1S/C11H13N3S/c1-8(14-11-13-6-7-15-11)9-4-2-3-5-10(9)12/h2-8H,12H2,1H3,(H,13,14). The lowest BCUT2D eigenvalue weighted by Crippen LogP contribution is -2.08. The fourth-order valence-electron chi connectivity index (χ4n) is 1.46. The molecule has 1 heterocycles. The van der Waals surface area contributed by atoms with Gasteiger partial charge >= 0.3 is 0 Å². The summed E-state index contributed by atoms with van der Waals surface area (Å²) >= 11 is 1.59. The van der Waals surface area contributed by atoms with E-state index in [0.717, 1.165) is 16.4 Å². The molecule has 0 aliphatic heterocycles. The molecule has 0 saturated heterocycles. The Bertz CT molecular complexity index is 425. The van der Waals surface area contributed by atoms with Crippen LogP contribution in [0, 0.1) is 0 Å². The van der Waals surface area contributed by atoms with E-state index in [-0.39, 0.29) is 6.04 Å². The van der Waals surface area contributed by atoms with Crippen LogP contribution in [-0.4, -0.2) is 4.98 Å². The maximum atomic E-state index is 5.89. The lowest BCUT2D eigenvalue weighted by atomic mass is 10.1. The number of nitrogens with one attached hydrogen (secondary N) is 1. The van der Waals surface area contributed by atoms with E-state index < -0.39 is 0 Å². The van der Waals surface area contributed by atoms with Gasteiger partial charge < -0.3 is 11.1 Å². The van der Waals surface area contributed by atoms with Gasteiger partial charge in [0, 0.05) is 17.3 Å². The molecule has 0 amide bonds. The molecular formula is C11H13N3S. The van der Waals surface area contributed by atoms with Gasteiger partial charge in [-0.15, -0.1) is 11.3 Å². The van der Waals surface area contributed by atoms with E-state index >= 15 is 0 Å². The largest absolute Gasteiger partial charge is 0.398 e. The molecule has 1 unspecified atom stereocenters. The summed E-state index contributed by atoms with van der Waals surface area (Å²) in [5, 5.41) is 6.18. The molecule has 1 aromatic heterocycles. The van der Waals surface area contributed by atoms with Crippen molar-refractivity contribution in [2.45, 2.75) is 13.0 Å². The molecule has 2 aromatic rings. The topological polar surface area (TPSA) is 50.9 Å². The normalized spacial score (nSPS) is 12.3. The van der Waals surface area contributed by atoms with E-state index in [1.165, 1.54) is 0 Å². The molecule has 2 rings (SSSR count). The van der Waals surface area contributed by atoms with Crippen molar-refractivity contribution in [3.05, 3.63) is 41.4 Å². The number of benzene rings is 1. The summed E-state index contributed by atoms with van der Waals surface area (Å²) in [4.78, 5) is 4.18. The first-order chi connectivity index (χ1) is 7.27. The van der Waals surface area contributed by atoms with Gasteiger partial charge in [0.05, 0.1) is 6.04 Å². The second-order valence-electron chi connectivity index (χ2n) is 3.33. The molecule has 0 spiro atoms. The minimum Gasteiger partial charge on any atom is -0.398 e. The number of hydrogen-bond acceptors (Lipinski definition) is 4. The Morgan fingerprint density at radius 1 is 1.40 bits per heavy atom. The Morgan fingerprint density at radius 2 is 2.20 bits per heavy atom. The summed E-state index contributed by atoms with van der Waals surface area (Å²) in [5.74, 6) is 0. The third-order valence-corrected chi connectivity index (χ3v) is 2.94. The summed E-state index contributed by atoms with van der Waals surface area (Å²) < 4.78 is 0. The number of aromatic nitrogens is 1. The predicted octanol–water partition coefficient (Wildman–Crippen LogP) is 2.90. The number of para-hydroxylation sites is 1. The first-order valence-corrected chi connectivity index (χ1v) is 5.66. The van der Waals surface area contributed by atoms with Crippen molar-refractivity contribution in [2.24, 2.45) is 0 Å². The molecule has 0 bridgehead atoms. The molecule has 0 aliphatic carbocycles. The lowest BCUT2D eigenvalue weighted by molar-refractivity contribution is 0.885. The Hall–Kier alpha value is -1.55. The highest BCUT2D eigenvalue weighted by Gasteiger charge is 2.08. The summed E-state index contributed by atoms with van der Waals surface area (Å²) in [7, 11) is 0. The molecule has 0 radical (unpaired) electrons. The van der Waals surface area contributed by atoms with Gasteiger partial charge in [-0.05, 0) is 18.6 Å². The first kappa shape index (κ1) is 9.98. The molecule has 0 aliphatic rings. The number of thiazole rings is 1. The lowest BCUT2D eigenvalue weighted by Gasteiger charge is -2.15.